The van der Waals surface area contributed by atoms with Crippen molar-refractivity contribution in [1.82, 2.24) is 15.1 Å². The third kappa shape index (κ3) is 10.8. The number of unbranched alkanes of at least 4 members (excludes halogenated alkanes) is 1. The average molecular weight is 533 g/mol. The third-order valence-electron chi connectivity index (χ3n) is 5.19. The van der Waals surface area contributed by atoms with Gasteiger partial charge in [0.05, 0.1) is 6.61 Å². The smallest absolute Gasteiger partial charge is 0.195 e. The van der Waals surface area contributed by atoms with Crippen molar-refractivity contribution >= 4 is 35.6 Å². The Balaban J connectivity index is 0.00000450. The molecule has 1 aliphatic rings. The topological polar surface area (TPSA) is 61.4 Å². The number of benzene rings is 1. The summed E-state index contributed by atoms with van der Waals surface area (Å²) in [6.07, 6.45) is 3.23. The number of halogens is 1. The molecule has 2 N–H and O–H groups in total. The lowest BCUT2D eigenvalue weighted by molar-refractivity contribution is 0.136. The lowest BCUT2D eigenvalue weighted by Crippen LogP contribution is -2.46. The van der Waals surface area contributed by atoms with Gasteiger partial charge in [0.15, 0.2) is 5.96 Å². The second-order valence-electron chi connectivity index (χ2n) is 7.33. The number of hydrogen-bond donors (Lipinski definition) is 2. The average Bonchev–Trinajstić information content (AvgIpc) is 2.76. The van der Waals surface area contributed by atoms with E-state index in [2.05, 4.69) is 32.3 Å². The van der Waals surface area contributed by atoms with E-state index in [1.54, 1.807) is 14.2 Å². The largest absolute Gasteiger partial charge is 0.493 e. The van der Waals surface area contributed by atoms with Gasteiger partial charge in [-0.25, -0.2) is 0 Å². The minimum absolute atomic E-state index is 0. The molecule has 0 spiro atoms. The van der Waals surface area contributed by atoms with Gasteiger partial charge in [0.25, 0.3) is 0 Å². The highest BCUT2D eigenvalue weighted by Crippen LogP contribution is 2.17. The number of piperazine rings is 1. The molecule has 0 unspecified atom stereocenters. The van der Waals surface area contributed by atoms with Crippen molar-refractivity contribution in [3.63, 3.8) is 0 Å². The molecule has 1 aromatic carbocycles. The molecule has 0 aromatic heterocycles. The summed E-state index contributed by atoms with van der Waals surface area (Å²) in [4.78, 5) is 9.43. The van der Waals surface area contributed by atoms with Crippen LogP contribution in [0.15, 0.2) is 29.3 Å². The first-order valence-corrected chi connectivity index (χ1v) is 10.9. The molecule has 8 heteroatoms. The van der Waals surface area contributed by atoms with Crippen molar-refractivity contribution in [2.24, 2.45) is 4.99 Å². The maximum Gasteiger partial charge on any atom is 0.195 e. The van der Waals surface area contributed by atoms with Gasteiger partial charge in [-0.3, -0.25) is 4.99 Å². The van der Waals surface area contributed by atoms with Gasteiger partial charge in [0.2, 0.25) is 0 Å². The van der Waals surface area contributed by atoms with E-state index in [9.17, 15) is 0 Å². The number of aliphatic imine (C=N–C) groups is 1. The molecular formula is C22H40IN5O2. The molecule has 1 aliphatic heterocycles. The van der Waals surface area contributed by atoms with Crippen LogP contribution >= 0.6 is 24.0 Å². The zero-order chi connectivity index (χ0) is 20.7. The summed E-state index contributed by atoms with van der Waals surface area (Å²) in [6.45, 7) is 11.7. The van der Waals surface area contributed by atoms with Crippen LogP contribution in [0.3, 0.4) is 0 Å². The maximum absolute atomic E-state index is 5.76. The van der Waals surface area contributed by atoms with E-state index < -0.39 is 0 Å². The Kier molecular flexibility index (Phi) is 14.9. The Labute approximate surface area is 199 Å². The van der Waals surface area contributed by atoms with Gasteiger partial charge in [0, 0.05) is 71.7 Å². The summed E-state index contributed by atoms with van der Waals surface area (Å²) in [5.41, 5.74) is 0.969. The van der Waals surface area contributed by atoms with Crippen LogP contribution in [-0.4, -0.2) is 88.9 Å². The summed E-state index contributed by atoms with van der Waals surface area (Å²) < 4.78 is 10.8. The monoisotopic (exact) mass is 533 g/mol. The number of likely N-dealkylation sites (N-methyl/N-ethyl adjacent to an activating group) is 1. The molecule has 30 heavy (non-hydrogen) atoms. The molecule has 172 valence electrons. The van der Waals surface area contributed by atoms with Gasteiger partial charge in [-0.05, 0) is 38.1 Å². The number of nitrogens with one attached hydrogen (secondary N) is 2. The number of anilines is 1. The van der Waals surface area contributed by atoms with E-state index >= 15 is 0 Å². The van der Waals surface area contributed by atoms with Crippen LogP contribution in [0.2, 0.25) is 0 Å². The summed E-state index contributed by atoms with van der Waals surface area (Å²) in [7, 11) is 3.50. The lowest BCUT2D eigenvalue weighted by Gasteiger charge is -2.34. The van der Waals surface area contributed by atoms with Crippen LogP contribution < -0.4 is 15.4 Å². The van der Waals surface area contributed by atoms with Crippen molar-refractivity contribution in [3.8, 4) is 5.75 Å². The summed E-state index contributed by atoms with van der Waals surface area (Å²) in [5.74, 6) is 1.64. The van der Waals surface area contributed by atoms with Crippen molar-refractivity contribution in [1.29, 1.82) is 0 Å². The highest BCUT2D eigenvalue weighted by molar-refractivity contribution is 14.0. The fourth-order valence-corrected chi connectivity index (χ4v) is 3.37. The van der Waals surface area contributed by atoms with Crippen LogP contribution in [-0.2, 0) is 4.74 Å². The number of ether oxygens (including phenoxy) is 2. The van der Waals surface area contributed by atoms with Gasteiger partial charge in [0.1, 0.15) is 5.75 Å². The van der Waals surface area contributed by atoms with Crippen molar-refractivity contribution in [2.75, 3.05) is 78.5 Å². The SMILES string of the molecule is CCN1CCN(CCCCNC(=NC)Nc2cccc(OCCCOC)c2)CC1.I. The van der Waals surface area contributed by atoms with Gasteiger partial charge < -0.3 is 29.9 Å². The van der Waals surface area contributed by atoms with E-state index in [1.165, 1.54) is 45.7 Å². The molecule has 2 rings (SSSR count). The maximum atomic E-state index is 5.76. The summed E-state index contributed by atoms with van der Waals surface area (Å²) >= 11 is 0. The number of hydrogen-bond acceptors (Lipinski definition) is 5. The van der Waals surface area contributed by atoms with Crippen LogP contribution in [0.25, 0.3) is 0 Å². The Morgan fingerprint density at radius 1 is 1.07 bits per heavy atom. The Morgan fingerprint density at radius 3 is 2.53 bits per heavy atom. The molecular weight excluding hydrogens is 493 g/mol. The summed E-state index contributed by atoms with van der Waals surface area (Å²) in [6, 6.07) is 7.97. The number of rotatable bonds is 12. The number of methoxy groups -OCH3 is 1. The van der Waals surface area contributed by atoms with Gasteiger partial charge in [-0.2, -0.15) is 0 Å². The zero-order valence-corrected chi connectivity index (χ0v) is 21.2. The molecule has 1 saturated heterocycles. The van der Waals surface area contributed by atoms with Gasteiger partial charge >= 0.3 is 0 Å². The molecule has 1 fully saturated rings. The minimum atomic E-state index is 0. The molecule has 1 heterocycles. The fourth-order valence-electron chi connectivity index (χ4n) is 3.37. The second kappa shape index (κ2) is 16.6. The van der Waals surface area contributed by atoms with E-state index in [0.717, 1.165) is 36.8 Å². The van der Waals surface area contributed by atoms with Gasteiger partial charge in [-0.15, -0.1) is 24.0 Å². The van der Waals surface area contributed by atoms with Crippen LogP contribution in [0, 0.1) is 0 Å². The lowest BCUT2D eigenvalue weighted by atomic mass is 10.2. The van der Waals surface area contributed by atoms with Crippen LogP contribution in [0.5, 0.6) is 5.75 Å². The molecule has 0 atom stereocenters. The molecule has 0 radical (unpaired) electrons. The summed E-state index contributed by atoms with van der Waals surface area (Å²) in [5, 5.41) is 6.75. The molecule has 0 amide bonds. The number of nitrogens with zero attached hydrogens (tertiary/aromatic N) is 3. The highest BCUT2D eigenvalue weighted by Gasteiger charge is 2.14. The molecule has 7 nitrogen and oxygen atoms in total. The van der Waals surface area contributed by atoms with E-state index in [-0.39, 0.29) is 24.0 Å². The Bertz CT molecular complexity index is 595. The standard InChI is InChI=1S/C22H39N5O2.HI/c1-4-26-13-15-27(16-14-26)12-6-5-11-24-22(23-2)25-20-9-7-10-21(19-20)29-18-8-17-28-3;/h7,9-10,19H,4-6,8,11-18H2,1-3H3,(H2,23,24,25);1H. The van der Waals surface area contributed by atoms with Crippen molar-refractivity contribution < 1.29 is 9.47 Å². The van der Waals surface area contributed by atoms with Crippen molar-refractivity contribution in [3.05, 3.63) is 24.3 Å². The first-order valence-electron chi connectivity index (χ1n) is 10.9. The zero-order valence-electron chi connectivity index (χ0n) is 18.9. The second-order valence-corrected chi connectivity index (χ2v) is 7.33. The van der Waals surface area contributed by atoms with Crippen LogP contribution in [0.4, 0.5) is 5.69 Å². The third-order valence-corrected chi connectivity index (χ3v) is 5.19. The fraction of sp³-hybridized carbons (Fsp3) is 0.682. The predicted molar refractivity (Wildman–Crippen MR) is 137 cm³/mol. The first-order chi connectivity index (χ1) is 14.2. The Morgan fingerprint density at radius 2 is 1.83 bits per heavy atom. The van der Waals surface area contributed by atoms with Gasteiger partial charge in [-0.1, -0.05) is 13.0 Å². The minimum Gasteiger partial charge on any atom is -0.493 e. The molecule has 0 saturated carbocycles. The first kappa shape index (κ1) is 26.9. The number of guanidine groups is 1. The van der Waals surface area contributed by atoms with E-state index in [4.69, 9.17) is 9.47 Å². The van der Waals surface area contributed by atoms with E-state index in [1.807, 2.05) is 24.3 Å². The molecule has 0 aliphatic carbocycles. The molecule has 1 aromatic rings. The molecule has 0 bridgehead atoms. The highest BCUT2D eigenvalue weighted by atomic mass is 127. The van der Waals surface area contributed by atoms with E-state index in [0.29, 0.717) is 13.2 Å². The predicted octanol–water partition coefficient (Wildman–Crippen LogP) is 3.12. The quantitative estimate of drug-likeness (QED) is 0.186. The van der Waals surface area contributed by atoms with Crippen LogP contribution in [0.1, 0.15) is 26.2 Å². The van der Waals surface area contributed by atoms with Crippen molar-refractivity contribution in [2.45, 2.75) is 26.2 Å². The Hall–Kier alpha value is -1.10. The normalized spacial score (nSPS) is 15.5.